The van der Waals surface area contributed by atoms with Crippen molar-refractivity contribution < 1.29 is 4.79 Å². The summed E-state index contributed by atoms with van der Waals surface area (Å²) in [6.07, 6.45) is 4.59. The van der Waals surface area contributed by atoms with Crippen LogP contribution in [0.1, 0.15) is 18.4 Å². The molecule has 1 aliphatic rings. The minimum Gasteiger partial charge on any atom is -0.361 e. The lowest BCUT2D eigenvalue weighted by molar-refractivity contribution is -0.121. The van der Waals surface area contributed by atoms with Crippen LogP contribution >= 0.6 is 0 Å². The third-order valence-corrected chi connectivity index (χ3v) is 3.69. The van der Waals surface area contributed by atoms with Crippen LogP contribution in [-0.2, 0) is 11.2 Å². The fourth-order valence-corrected chi connectivity index (χ4v) is 2.70. The third-order valence-electron chi connectivity index (χ3n) is 3.69. The number of aromatic nitrogens is 1. The first-order chi connectivity index (χ1) is 9.33. The zero-order valence-electron chi connectivity index (χ0n) is 10.9. The van der Waals surface area contributed by atoms with Crippen molar-refractivity contribution in [3.63, 3.8) is 0 Å². The third kappa shape index (κ3) is 2.79. The van der Waals surface area contributed by atoms with Gasteiger partial charge in [-0.2, -0.15) is 0 Å². The van der Waals surface area contributed by atoms with Gasteiger partial charge < -0.3 is 15.6 Å². The van der Waals surface area contributed by atoms with Crippen molar-refractivity contribution in [2.75, 3.05) is 13.1 Å². The molecule has 1 saturated heterocycles. The first-order valence-electron chi connectivity index (χ1n) is 6.88. The van der Waals surface area contributed by atoms with Gasteiger partial charge in [-0.3, -0.25) is 4.79 Å². The van der Waals surface area contributed by atoms with Crippen molar-refractivity contribution in [1.29, 1.82) is 0 Å². The lowest BCUT2D eigenvalue weighted by atomic mass is 10.1. The Morgan fingerprint density at radius 1 is 1.37 bits per heavy atom. The summed E-state index contributed by atoms with van der Waals surface area (Å²) in [6, 6.07) is 8.36. The highest BCUT2D eigenvalue weighted by Gasteiger charge is 2.16. The number of benzene rings is 1. The van der Waals surface area contributed by atoms with Crippen molar-refractivity contribution in [3.05, 3.63) is 36.0 Å². The lowest BCUT2D eigenvalue weighted by Crippen LogP contribution is -2.46. The molecular formula is C15H19N3O. The molecule has 2 aromatic rings. The number of aromatic amines is 1. The summed E-state index contributed by atoms with van der Waals surface area (Å²) in [6.45, 7) is 1.95. The predicted molar refractivity (Wildman–Crippen MR) is 76.0 cm³/mol. The second kappa shape index (κ2) is 5.45. The number of amides is 1. The van der Waals surface area contributed by atoms with Crippen LogP contribution in [0.3, 0.4) is 0 Å². The summed E-state index contributed by atoms with van der Waals surface area (Å²) in [5.41, 5.74) is 2.15. The Kier molecular flexibility index (Phi) is 3.51. The molecule has 2 heterocycles. The van der Waals surface area contributed by atoms with E-state index < -0.39 is 0 Å². The van der Waals surface area contributed by atoms with Crippen LogP contribution in [0.2, 0.25) is 0 Å². The van der Waals surface area contributed by atoms with E-state index in [4.69, 9.17) is 0 Å². The zero-order chi connectivity index (χ0) is 13.1. The topological polar surface area (TPSA) is 56.9 Å². The number of piperidine rings is 1. The summed E-state index contributed by atoms with van der Waals surface area (Å²) < 4.78 is 0. The van der Waals surface area contributed by atoms with Gasteiger partial charge in [0.15, 0.2) is 0 Å². The SMILES string of the molecule is O=C(Cc1c[nH]c2ccccc12)NC1CCCNC1. The second-order valence-electron chi connectivity index (χ2n) is 5.15. The molecule has 4 nitrogen and oxygen atoms in total. The van der Waals surface area contributed by atoms with Crippen molar-refractivity contribution in [1.82, 2.24) is 15.6 Å². The van der Waals surface area contributed by atoms with Crippen molar-refractivity contribution in [2.45, 2.75) is 25.3 Å². The van der Waals surface area contributed by atoms with Gasteiger partial charge in [0.1, 0.15) is 0 Å². The molecule has 1 amide bonds. The first kappa shape index (κ1) is 12.2. The predicted octanol–water partition coefficient (Wildman–Crippen LogP) is 1.58. The number of carbonyl (C=O) groups is 1. The highest BCUT2D eigenvalue weighted by Crippen LogP contribution is 2.18. The number of hydrogen-bond acceptors (Lipinski definition) is 2. The Labute approximate surface area is 112 Å². The summed E-state index contributed by atoms with van der Waals surface area (Å²) in [5, 5.41) is 7.55. The molecule has 0 bridgehead atoms. The molecule has 0 aliphatic carbocycles. The second-order valence-corrected chi connectivity index (χ2v) is 5.15. The number of fused-ring (bicyclic) bond motifs is 1. The molecule has 1 unspecified atom stereocenters. The van der Waals surface area contributed by atoms with Gasteiger partial charge in [-0.25, -0.2) is 0 Å². The smallest absolute Gasteiger partial charge is 0.224 e. The number of hydrogen-bond donors (Lipinski definition) is 3. The average Bonchev–Trinajstić information content (AvgIpc) is 2.83. The van der Waals surface area contributed by atoms with E-state index in [0.29, 0.717) is 6.42 Å². The van der Waals surface area contributed by atoms with Gasteiger partial charge in [-0.05, 0) is 31.0 Å². The normalized spacial score (nSPS) is 19.5. The molecule has 3 rings (SSSR count). The van der Waals surface area contributed by atoms with Crippen LogP contribution in [0.5, 0.6) is 0 Å². The van der Waals surface area contributed by atoms with Gasteiger partial charge in [0.05, 0.1) is 6.42 Å². The molecule has 1 aromatic heterocycles. The van der Waals surface area contributed by atoms with Gasteiger partial charge in [0.2, 0.25) is 5.91 Å². The van der Waals surface area contributed by atoms with Crippen LogP contribution in [0.15, 0.2) is 30.5 Å². The van der Waals surface area contributed by atoms with Crippen LogP contribution in [0, 0.1) is 0 Å². The Morgan fingerprint density at radius 2 is 2.26 bits per heavy atom. The molecule has 1 aromatic carbocycles. The molecule has 0 spiro atoms. The van der Waals surface area contributed by atoms with Crippen LogP contribution in [-0.4, -0.2) is 30.0 Å². The van der Waals surface area contributed by atoms with Gasteiger partial charge in [0, 0.05) is 29.7 Å². The quantitative estimate of drug-likeness (QED) is 0.782. The van der Waals surface area contributed by atoms with Gasteiger partial charge in [0.25, 0.3) is 0 Å². The Hall–Kier alpha value is -1.81. The molecule has 0 radical (unpaired) electrons. The monoisotopic (exact) mass is 257 g/mol. The molecule has 3 N–H and O–H groups in total. The van der Waals surface area contributed by atoms with E-state index in [0.717, 1.165) is 42.4 Å². The van der Waals surface area contributed by atoms with Gasteiger partial charge >= 0.3 is 0 Å². The maximum Gasteiger partial charge on any atom is 0.224 e. The largest absolute Gasteiger partial charge is 0.361 e. The minimum atomic E-state index is 0.110. The number of para-hydroxylation sites is 1. The molecule has 0 saturated carbocycles. The molecule has 1 aliphatic heterocycles. The van der Waals surface area contributed by atoms with E-state index in [9.17, 15) is 4.79 Å². The van der Waals surface area contributed by atoms with Gasteiger partial charge in [-0.1, -0.05) is 18.2 Å². The van der Waals surface area contributed by atoms with E-state index in [2.05, 4.69) is 21.7 Å². The average molecular weight is 257 g/mol. The van der Waals surface area contributed by atoms with E-state index in [-0.39, 0.29) is 11.9 Å². The number of nitrogens with one attached hydrogen (secondary N) is 3. The number of rotatable bonds is 3. The summed E-state index contributed by atoms with van der Waals surface area (Å²) in [4.78, 5) is 15.3. The van der Waals surface area contributed by atoms with Crippen LogP contribution < -0.4 is 10.6 Å². The maximum atomic E-state index is 12.1. The van der Waals surface area contributed by atoms with Crippen molar-refractivity contribution >= 4 is 16.8 Å². The van der Waals surface area contributed by atoms with Crippen LogP contribution in [0.4, 0.5) is 0 Å². The fraction of sp³-hybridized carbons (Fsp3) is 0.400. The molecule has 1 fully saturated rings. The highest BCUT2D eigenvalue weighted by atomic mass is 16.1. The molecule has 100 valence electrons. The summed E-state index contributed by atoms with van der Waals surface area (Å²) in [5.74, 6) is 0.110. The van der Waals surface area contributed by atoms with Crippen LogP contribution in [0.25, 0.3) is 10.9 Å². The van der Waals surface area contributed by atoms with Crippen molar-refractivity contribution in [2.24, 2.45) is 0 Å². The van der Waals surface area contributed by atoms with E-state index in [1.807, 2.05) is 24.4 Å². The molecule has 1 atom stereocenters. The van der Waals surface area contributed by atoms with E-state index in [1.54, 1.807) is 0 Å². The fourth-order valence-electron chi connectivity index (χ4n) is 2.70. The molecule has 4 heteroatoms. The van der Waals surface area contributed by atoms with Crippen molar-refractivity contribution in [3.8, 4) is 0 Å². The Morgan fingerprint density at radius 3 is 3.11 bits per heavy atom. The zero-order valence-corrected chi connectivity index (χ0v) is 10.9. The molecule has 19 heavy (non-hydrogen) atoms. The number of carbonyl (C=O) groups excluding carboxylic acids is 1. The number of H-pyrrole nitrogens is 1. The first-order valence-corrected chi connectivity index (χ1v) is 6.88. The Bertz CT molecular complexity index is 570. The van der Waals surface area contributed by atoms with E-state index in [1.165, 1.54) is 0 Å². The molecular weight excluding hydrogens is 238 g/mol. The highest BCUT2D eigenvalue weighted by molar-refractivity contribution is 5.88. The Balaban J connectivity index is 1.65. The minimum absolute atomic E-state index is 0.110. The lowest BCUT2D eigenvalue weighted by Gasteiger charge is -2.23. The van der Waals surface area contributed by atoms with Gasteiger partial charge in [-0.15, -0.1) is 0 Å². The summed E-state index contributed by atoms with van der Waals surface area (Å²) >= 11 is 0. The summed E-state index contributed by atoms with van der Waals surface area (Å²) in [7, 11) is 0. The maximum absolute atomic E-state index is 12.1. The van der Waals surface area contributed by atoms with E-state index >= 15 is 0 Å². The standard InChI is InChI=1S/C15H19N3O/c19-15(18-12-4-3-7-16-10-12)8-11-9-17-14-6-2-1-5-13(11)14/h1-2,5-6,9,12,16-17H,3-4,7-8,10H2,(H,18,19).